The minimum absolute atomic E-state index is 0.157. The van der Waals surface area contributed by atoms with Crippen molar-refractivity contribution in [2.24, 2.45) is 0 Å². The normalized spacial score (nSPS) is 12.7. The topological polar surface area (TPSA) is 8.17 Å². The van der Waals surface area contributed by atoms with Crippen LogP contribution in [0.2, 0.25) is 0 Å². The van der Waals surface area contributed by atoms with Crippen LogP contribution in [0.25, 0.3) is 72.0 Å². The van der Waals surface area contributed by atoms with Crippen LogP contribution < -0.4 is 4.90 Å². The number of rotatable bonds is 7. The Kier molecular flexibility index (Phi) is 8.20. The number of benzene rings is 9. The molecule has 280 valence electrons. The maximum atomic E-state index is 2.53. The van der Waals surface area contributed by atoms with E-state index in [1.54, 1.807) is 0 Å². The molecule has 0 saturated carbocycles. The van der Waals surface area contributed by atoms with Crippen LogP contribution in [0.1, 0.15) is 25.0 Å². The van der Waals surface area contributed by atoms with Gasteiger partial charge in [0.25, 0.3) is 0 Å². The van der Waals surface area contributed by atoms with E-state index in [1.807, 2.05) is 0 Å². The Morgan fingerprint density at radius 1 is 0.373 bits per heavy atom. The van der Waals surface area contributed by atoms with Gasteiger partial charge in [0.05, 0.1) is 28.1 Å². The Balaban J connectivity index is 1.21. The standard InChI is InChI=1S/C57H42N2/c1-57(2)49-30-15-11-27-45(49)46-37-36-41(38-50(46)57)58(52-32-17-13-28-47(52)44-26-10-9-24-42(44)39-20-5-3-6-21-39)54-34-19-35-55-56(54)48-29-14-18-33-53(48)59(55)51-31-16-12-25-43(51)40-22-7-4-8-23-40/h3-38H,1-2H3. The number of hydrogen-bond donors (Lipinski definition) is 0. The van der Waals surface area contributed by atoms with Crippen molar-refractivity contribution in [1.29, 1.82) is 0 Å². The van der Waals surface area contributed by atoms with E-state index in [0.717, 1.165) is 28.3 Å². The second-order valence-electron chi connectivity index (χ2n) is 16.1. The molecule has 0 amide bonds. The van der Waals surface area contributed by atoms with Crippen LogP contribution in [0.15, 0.2) is 218 Å². The van der Waals surface area contributed by atoms with Crippen LogP contribution in [0.5, 0.6) is 0 Å². The lowest BCUT2D eigenvalue weighted by molar-refractivity contribution is 0.660. The number of anilines is 3. The fourth-order valence-corrected chi connectivity index (χ4v) is 9.70. The lowest BCUT2D eigenvalue weighted by Crippen LogP contribution is -2.17. The molecule has 0 radical (unpaired) electrons. The van der Waals surface area contributed by atoms with Gasteiger partial charge >= 0.3 is 0 Å². The summed E-state index contributed by atoms with van der Waals surface area (Å²) in [6, 6.07) is 79.9. The van der Waals surface area contributed by atoms with E-state index < -0.39 is 0 Å². The van der Waals surface area contributed by atoms with Crippen LogP contribution in [-0.4, -0.2) is 4.57 Å². The number of fused-ring (bicyclic) bond motifs is 6. The first-order valence-electron chi connectivity index (χ1n) is 20.5. The van der Waals surface area contributed by atoms with E-state index >= 15 is 0 Å². The highest BCUT2D eigenvalue weighted by molar-refractivity contribution is 6.17. The number of para-hydroxylation sites is 3. The third kappa shape index (κ3) is 5.56. The maximum absolute atomic E-state index is 2.53. The molecule has 2 heteroatoms. The number of nitrogens with zero attached hydrogens (tertiary/aromatic N) is 2. The van der Waals surface area contributed by atoms with Crippen molar-refractivity contribution in [3.63, 3.8) is 0 Å². The van der Waals surface area contributed by atoms with E-state index in [0.29, 0.717) is 0 Å². The highest BCUT2D eigenvalue weighted by atomic mass is 15.2. The summed E-state index contributed by atoms with van der Waals surface area (Å²) in [5.41, 5.74) is 19.2. The van der Waals surface area contributed by atoms with Gasteiger partial charge in [-0.1, -0.05) is 190 Å². The molecule has 1 aliphatic rings. The average molecular weight is 755 g/mol. The van der Waals surface area contributed by atoms with Gasteiger partial charge in [0, 0.05) is 33.0 Å². The van der Waals surface area contributed by atoms with Crippen LogP contribution in [0, 0.1) is 0 Å². The molecule has 0 atom stereocenters. The van der Waals surface area contributed by atoms with Gasteiger partial charge in [0.2, 0.25) is 0 Å². The lowest BCUT2D eigenvalue weighted by Gasteiger charge is -2.31. The summed E-state index contributed by atoms with van der Waals surface area (Å²) in [6.07, 6.45) is 0. The third-order valence-corrected chi connectivity index (χ3v) is 12.4. The van der Waals surface area contributed by atoms with Gasteiger partial charge in [-0.25, -0.2) is 0 Å². The minimum atomic E-state index is -0.157. The second kappa shape index (κ2) is 13.9. The molecule has 0 spiro atoms. The molecule has 0 unspecified atom stereocenters. The van der Waals surface area contributed by atoms with Crippen molar-refractivity contribution in [2.75, 3.05) is 4.90 Å². The summed E-state index contributed by atoms with van der Waals surface area (Å²) in [5.74, 6) is 0. The highest BCUT2D eigenvalue weighted by Crippen LogP contribution is 2.53. The first-order valence-corrected chi connectivity index (χ1v) is 20.5. The minimum Gasteiger partial charge on any atom is -0.309 e. The first-order chi connectivity index (χ1) is 29.1. The van der Waals surface area contributed by atoms with Crippen LogP contribution in [0.4, 0.5) is 17.1 Å². The molecule has 2 nitrogen and oxygen atoms in total. The number of aromatic nitrogens is 1. The van der Waals surface area contributed by atoms with Crippen LogP contribution >= 0.6 is 0 Å². The molecule has 0 bridgehead atoms. The molecule has 10 aromatic rings. The Bertz CT molecular complexity index is 3190. The van der Waals surface area contributed by atoms with Gasteiger partial charge in [-0.2, -0.15) is 0 Å². The summed E-state index contributed by atoms with van der Waals surface area (Å²) in [4.78, 5) is 2.53. The zero-order valence-electron chi connectivity index (χ0n) is 33.2. The fraction of sp³-hybridized carbons (Fsp3) is 0.0526. The van der Waals surface area contributed by atoms with Crippen molar-refractivity contribution >= 4 is 38.9 Å². The predicted octanol–water partition coefficient (Wildman–Crippen LogP) is 15.6. The van der Waals surface area contributed by atoms with Gasteiger partial charge in [-0.15, -0.1) is 0 Å². The van der Waals surface area contributed by atoms with Crippen molar-refractivity contribution in [1.82, 2.24) is 4.57 Å². The van der Waals surface area contributed by atoms with Crippen LogP contribution in [-0.2, 0) is 5.41 Å². The molecule has 11 rings (SSSR count). The molecule has 1 heterocycles. The largest absolute Gasteiger partial charge is 0.309 e. The first kappa shape index (κ1) is 34.8. The van der Waals surface area contributed by atoms with Crippen LogP contribution in [0.3, 0.4) is 0 Å². The Hall–Kier alpha value is -7.42. The molecule has 59 heavy (non-hydrogen) atoms. The smallest absolute Gasteiger partial charge is 0.0562 e. The van der Waals surface area contributed by atoms with Gasteiger partial charge in [0.15, 0.2) is 0 Å². The summed E-state index contributed by atoms with van der Waals surface area (Å²) in [6.45, 7) is 4.74. The molecule has 0 saturated heterocycles. The molecule has 1 aromatic heterocycles. The van der Waals surface area contributed by atoms with Crippen molar-refractivity contribution in [2.45, 2.75) is 19.3 Å². The van der Waals surface area contributed by atoms with Gasteiger partial charge in [0.1, 0.15) is 0 Å². The highest BCUT2D eigenvalue weighted by Gasteiger charge is 2.36. The molecular weight excluding hydrogens is 713 g/mol. The number of hydrogen-bond acceptors (Lipinski definition) is 1. The quantitative estimate of drug-likeness (QED) is 0.157. The predicted molar refractivity (Wildman–Crippen MR) is 249 cm³/mol. The summed E-state index contributed by atoms with van der Waals surface area (Å²) >= 11 is 0. The third-order valence-electron chi connectivity index (χ3n) is 12.4. The molecule has 0 N–H and O–H groups in total. The average Bonchev–Trinajstić information content (AvgIpc) is 3.76. The summed E-state index contributed by atoms with van der Waals surface area (Å²) in [7, 11) is 0. The van der Waals surface area contributed by atoms with Crippen molar-refractivity contribution in [3.8, 4) is 50.2 Å². The van der Waals surface area contributed by atoms with Gasteiger partial charge in [-0.3, -0.25) is 0 Å². The Labute approximate surface area is 345 Å². The molecule has 9 aromatic carbocycles. The SMILES string of the molecule is CC1(C)c2ccccc2-c2ccc(N(c3ccccc3-c3ccccc3-c3ccccc3)c3cccc4c3c3ccccc3n4-c3ccccc3-c3ccccc3)cc21. The zero-order chi connectivity index (χ0) is 39.5. The monoisotopic (exact) mass is 754 g/mol. The molecule has 1 aliphatic carbocycles. The van der Waals surface area contributed by atoms with Gasteiger partial charge < -0.3 is 9.47 Å². The Morgan fingerprint density at radius 2 is 0.915 bits per heavy atom. The second-order valence-corrected chi connectivity index (χ2v) is 16.1. The fourth-order valence-electron chi connectivity index (χ4n) is 9.70. The molecule has 0 fully saturated rings. The summed E-state index contributed by atoms with van der Waals surface area (Å²) < 4.78 is 2.47. The van der Waals surface area contributed by atoms with Gasteiger partial charge in [-0.05, 0) is 87.0 Å². The summed E-state index contributed by atoms with van der Waals surface area (Å²) in [5, 5.41) is 2.42. The van der Waals surface area contributed by atoms with E-state index in [1.165, 1.54) is 71.9 Å². The van der Waals surface area contributed by atoms with Crippen molar-refractivity contribution in [3.05, 3.63) is 230 Å². The zero-order valence-corrected chi connectivity index (χ0v) is 33.2. The molecule has 0 aliphatic heterocycles. The van der Waals surface area contributed by atoms with E-state index in [-0.39, 0.29) is 5.41 Å². The molecular formula is C57H42N2. The maximum Gasteiger partial charge on any atom is 0.0562 e. The Morgan fingerprint density at radius 3 is 1.69 bits per heavy atom. The van der Waals surface area contributed by atoms with E-state index in [9.17, 15) is 0 Å². The van der Waals surface area contributed by atoms with E-state index in [4.69, 9.17) is 0 Å². The lowest BCUT2D eigenvalue weighted by atomic mass is 9.82. The van der Waals surface area contributed by atoms with Crippen molar-refractivity contribution < 1.29 is 0 Å². The van der Waals surface area contributed by atoms with E-state index in [2.05, 4.69) is 242 Å².